The minimum absolute atomic E-state index is 0.0450. The van der Waals surface area contributed by atoms with E-state index in [0.717, 1.165) is 37.3 Å². The van der Waals surface area contributed by atoms with E-state index in [0.29, 0.717) is 38.6 Å². The van der Waals surface area contributed by atoms with Crippen molar-refractivity contribution in [1.29, 1.82) is 0 Å². The molecule has 1 N–H and O–H groups in total. The smallest absolute Gasteiger partial charge is 0.318 e. The van der Waals surface area contributed by atoms with Gasteiger partial charge in [-0.1, -0.05) is 0 Å². The zero-order chi connectivity index (χ0) is 20.6. The molecule has 1 saturated carbocycles. The lowest BCUT2D eigenvalue weighted by molar-refractivity contribution is -0.134. The number of likely N-dealkylation sites (tertiary alicyclic amines) is 1. The molecular weight excluding hydrogens is 378 g/mol. The average Bonchev–Trinajstić information content (AvgIpc) is 3.16. The lowest BCUT2D eigenvalue weighted by atomic mass is 9.90. The normalized spacial score (nSPS) is 22.5. The Morgan fingerprint density at radius 3 is 2.66 bits per heavy atom. The summed E-state index contributed by atoms with van der Waals surface area (Å²) >= 11 is 0. The van der Waals surface area contributed by atoms with Gasteiger partial charge in [0, 0.05) is 58.0 Å². The molecule has 1 unspecified atom stereocenters. The number of rotatable bonds is 5. The lowest BCUT2D eigenvalue weighted by Gasteiger charge is -2.33. The quantitative estimate of drug-likeness (QED) is 0.817. The Hall–Kier alpha value is -2.25. The van der Waals surface area contributed by atoms with Gasteiger partial charge in [-0.05, 0) is 54.7 Å². The molecule has 158 valence electrons. The molecule has 2 fully saturated rings. The number of carbonyl (C=O) groups excluding carboxylic acids is 2. The van der Waals surface area contributed by atoms with Crippen molar-refractivity contribution in [2.75, 3.05) is 19.6 Å². The third kappa shape index (κ3) is 4.51. The minimum Gasteiger partial charge on any atom is -0.343 e. The second-order valence-electron chi connectivity index (χ2n) is 8.90. The summed E-state index contributed by atoms with van der Waals surface area (Å²) in [4.78, 5) is 32.3. The van der Waals surface area contributed by atoms with Crippen molar-refractivity contribution in [3.8, 4) is 0 Å². The standard InChI is InChI=1S/C21H28F2N4O2/c1-20(22,23)4-2-18(28)26-8-5-21(6-9-26)10-17(21)12-25-19(29)27-13-15-3-7-24-11-16(15)14-27/h3,7,11,17H,2,4-6,8-10,12-14H2,1H3,(H,25,29). The first-order valence-electron chi connectivity index (χ1n) is 10.4. The summed E-state index contributed by atoms with van der Waals surface area (Å²) in [5.74, 6) is -2.52. The molecule has 0 aromatic carbocycles. The summed E-state index contributed by atoms with van der Waals surface area (Å²) in [5, 5.41) is 3.07. The minimum atomic E-state index is -2.79. The molecule has 0 bridgehead atoms. The number of piperidine rings is 1. The van der Waals surface area contributed by atoms with Crippen molar-refractivity contribution in [2.24, 2.45) is 11.3 Å². The first-order valence-corrected chi connectivity index (χ1v) is 10.4. The van der Waals surface area contributed by atoms with E-state index in [-0.39, 0.29) is 23.8 Å². The number of carbonyl (C=O) groups is 2. The Bertz CT molecular complexity index is 762. The van der Waals surface area contributed by atoms with Gasteiger partial charge in [0.1, 0.15) is 0 Å². The SMILES string of the molecule is CC(F)(F)CCC(=O)N1CCC2(CC1)CC2CNC(=O)N1Cc2ccncc2C1. The van der Waals surface area contributed by atoms with Crippen molar-refractivity contribution in [3.63, 3.8) is 0 Å². The number of urea groups is 1. The van der Waals surface area contributed by atoms with Crippen LogP contribution in [0.4, 0.5) is 13.6 Å². The highest BCUT2D eigenvalue weighted by Crippen LogP contribution is 2.59. The van der Waals surface area contributed by atoms with Crippen molar-refractivity contribution in [3.05, 3.63) is 29.6 Å². The second-order valence-corrected chi connectivity index (χ2v) is 8.90. The average molecular weight is 406 g/mol. The summed E-state index contributed by atoms with van der Waals surface area (Å²) in [7, 11) is 0. The molecule has 0 radical (unpaired) electrons. The van der Waals surface area contributed by atoms with Crippen molar-refractivity contribution < 1.29 is 18.4 Å². The van der Waals surface area contributed by atoms with Crippen LogP contribution in [-0.4, -0.2) is 52.3 Å². The number of amides is 3. The zero-order valence-electron chi connectivity index (χ0n) is 16.8. The molecule has 1 saturated heterocycles. The second kappa shape index (κ2) is 7.54. The highest BCUT2D eigenvalue weighted by Gasteiger charge is 2.54. The Morgan fingerprint density at radius 2 is 1.97 bits per heavy atom. The third-order valence-electron chi connectivity index (χ3n) is 6.76. The molecule has 29 heavy (non-hydrogen) atoms. The number of halogens is 2. The number of hydrogen-bond donors (Lipinski definition) is 1. The lowest BCUT2D eigenvalue weighted by Crippen LogP contribution is -2.41. The Labute approximate surface area is 169 Å². The molecule has 1 aromatic heterocycles. The molecule has 3 amide bonds. The highest BCUT2D eigenvalue weighted by atomic mass is 19.3. The first kappa shape index (κ1) is 20.0. The Morgan fingerprint density at radius 1 is 1.24 bits per heavy atom. The van der Waals surface area contributed by atoms with E-state index < -0.39 is 12.3 Å². The van der Waals surface area contributed by atoms with Crippen molar-refractivity contribution >= 4 is 11.9 Å². The molecule has 1 aliphatic carbocycles. The van der Waals surface area contributed by atoms with E-state index in [9.17, 15) is 18.4 Å². The van der Waals surface area contributed by atoms with Crippen LogP contribution >= 0.6 is 0 Å². The molecule has 4 rings (SSSR count). The van der Waals surface area contributed by atoms with Crippen LogP contribution < -0.4 is 5.32 Å². The van der Waals surface area contributed by atoms with E-state index in [1.165, 1.54) is 0 Å². The summed E-state index contributed by atoms with van der Waals surface area (Å²) in [6.07, 6.45) is 5.92. The van der Waals surface area contributed by atoms with Crippen LogP contribution in [-0.2, 0) is 17.9 Å². The molecule has 6 nitrogen and oxygen atoms in total. The van der Waals surface area contributed by atoms with Gasteiger partial charge in [0.05, 0.1) is 0 Å². The molecular formula is C21H28F2N4O2. The van der Waals surface area contributed by atoms with Gasteiger partial charge < -0.3 is 15.1 Å². The van der Waals surface area contributed by atoms with Crippen LogP contribution in [0.1, 0.15) is 50.2 Å². The van der Waals surface area contributed by atoms with Crippen LogP contribution in [0, 0.1) is 11.3 Å². The number of fused-ring (bicyclic) bond motifs is 1. The van der Waals surface area contributed by atoms with Gasteiger partial charge in [0.2, 0.25) is 11.8 Å². The number of nitrogens with zero attached hydrogens (tertiary/aromatic N) is 3. The summed E-state index contributed by atoms with van der Waals surface area (Å²) < 4.78 is 25.9. The van der Waals surface area contributed by atoms with Crippen LogP contribution in [0.25, 0.3) is 0 Å². The predicted octanol–water partition coefficient (Wildman–Crippen LogP) is 3.17. The van der Waals surface area contributed by atoms with Crippen LogP contribution in [0.5, 0.6) is 0 Å². The number of alkyl halides is 2. The van der Waals surface area contributed by atoms with Gasteiger partial charge in [0.25, 0.3) is 0 Å². The van der Waals surface area contributed by atoms with E-state index in [1.54, 1.807) is 16.0 Å². The van der Waals surface area contributed by atoms with Crippen LogP contribution in [0.3, 0.4) is 0 Å². The number of hydrogen-bond acceptors (Lipinski definition) is 3. The van der Waals surface area contributed by atoms with Crippen LogP contribution in [0.2, 0.25) is 0 Å². The fourth-order valence-electron chi connectivity index (χ4n) is 4.70. The zero-order valence-corrected chi connectivity index (χ0v) is 16.8. The molecule has 1 spiro atoms. The van der Waals surface area contributed by atoms with E-state index in [1.807, 2.05) is 12.3 Å². The van der Waals surface area contributed by atoms with Gasteiger partial charge in [-0.3, -0.25) is 9.78 Å². The maximum atomic E-state index is 13.0. The summed E-state index contributed by atoms with van der Waals surface area (Å²) in [5.41, 5.74) is 2.45. The maximum Gasteiger partial charge on any atom is 0.318 e. The van der Waals surface area contributed by atoms with Gasteiger partial charge >= 0.3 is 6.03 Å². The molecule has 1 aromatic rings. The van der Waals surface area contributed by atoms with E-state index in [2.05, 4.69) is 10.3 Å². The predicted molar refractivity (Wildman–Crippen MR) is 103 cm³/mol. The van der Waals surface area contributed by atoms with E-state index in [4.69, 9.17) is 0 Å². The number of aromatic nitrogens is 1. The van der Waals surface area contributed by atoms with Crippen LogP contribution in [0.15, 0.2) is 18.5 Å². The molecule has 2 aliphatic heterocycles. The van der Waals surface area contributed by atoms with Gasteiger partial charge in [-0.2, -0.15) is 0 Å². The first-order chi connectivity index (χ1) is 13.8. The highest BCUT2D eigenvalue weighted by molar-refractivity contribution is 5.76. The topological polar surface area (TPSA) is 65.5 Å². The fraction of sp³-hybridized carbons (Fsp3) is 0.667. The summed E-state index contributed by atoms with van der Waals surface area (Å²) in [6, 6.07) is 1.91. The number of pyridine rings is 1. The number of nitrogens with one attached hydrogen (secondary N) is 1. The molecule has 8 heteroatoms. The molecule has 1 atom stereocenters. The molecule has 3 aliphatic rings. The van der Waals surface area contributed by atoms with Gasteiger partial charge in [-0.15, -0.1) is 0 Å². The summed E-state index contributed by atoms with van der Waals surface area (Å²) in [6.45, 7) is 3.98. The van der Waals surface area contributed by atoms with Gasteiger partial charge in [0.15, 0.2) is 0 Å². The molecule has 3 heterocycles. The maximum absolute atomic E-state index is 13.0. The Kier molecular flexibility index (Phi) is 5.21. The van der Waals surface area contributed by atoms with Crippen molar-refractivity contribution in [2.45, 2.75) is 58.0 Å². The third-order valence-corrected chi connectivity index (χ3v) is 6.76. The largest absolute Gasteiger partial charge is 0.343 e. The van der Waals surface area contributed by atoms with Gasteiger partial charge in [-0.25, -0.2) is 13.6 Å². The van der Waals surface area contributed by atoms with Crippen molar-refractivity contribution in [1.82, 2.24) is 20.1 Å². The Balaban J connectivity index is 1.18. The monoisotopic (exact) mass is 406 g/mol. The fourth-order valence-corrected chi connectivity index (χ4v) is 4.70. The van der Waals surface area contributed by atoms with E-state index >= 15 is 0 Å².